The molecule has 1 aliphatic heterocycles. The minimum absolute atomic E-state index is 0.254. The molecular formula is C17H15N3O3. The second kappa shape index (κ2) is 5.24. The highest BCUT2D eigenvalue weighted by Crippen LogP contribution is 2.31. The summed E-state index contributed by atoms with van der Waals surface area (Å²) in [7, 11) is 3.56. The van der Waals surface area contributed by atoms with Gasteiger partial charge in [-0.1, -0.05) is 12.1 Å². The molecular weight excluding hydrogens is 294 g/mol. The van der Waals surface area contributed by atoms with E-state index in [1.165, 1.54) is 6.07 Å². The van der Waals surface area contributed by atoms with Crippen LogP contribution in [-0.2, 0) is 0 Å². The topological polar surface area (TPSA) is 83.7 Å². The predicted molar refractivity (Wildman–Crippen MR) is 86.9 cm³/mol. The van der Waals surface area contributed by atoms with Crippen molar-refractivity contribution in [2.45, 2.75) is 0 Å². The Morgan fingerprint density at radius 3 is 2.04 bits per heavy atom. The highest BCUT2D eigenvalue weighted by molar-refractivity contribution is 6.34. The van der Waals surface area contributed by atoms with Gasteiger partial charge in [0.15, 0.2) is 0 Å². The molecule has 1 aliphatic rings. The minimum Gasteiger partial charge on any atom is -0.377 e. The number of carbonyl (C=O) groups is 3. The molecule has 0 saturated heterocycles. The maximum absolute atomic E-state index is 12.5. The average Bonchev–Trinajstić information content (AvgIpc) is 2.78. The summed E-state index contributed by atoms with van der Waals surface area (Å²) in [5.41, 5.74) is 7.34. The Bertz CT molecular complexity index is 808. The van der Waals surface area contributed by atoms with Crippen LogP contribution in [0.1, 0.15) is 31.1 Å². The average molecular weight is 309 g/mol. The van der Waals surface area contributed by atoms with E-state index in [0.29, 0.717) is 22.5 Å². The Morgan fingerprint density at radius 1 is 1.00 bits per heavy atom. The van der Waals surface area contributed by atoms with Crippen LogP contribution in [-0.4, -0.2) is 31.8 Å². The number of rotatable bonds is 3. The Labute approximate surface area is 133 Å². The van der Waals surface area contributed by atoms with Crippen LogP contribution >= 0.6 is 0 Å². The van der Waals surface area contributed by atoms with Crippen LogP contribution in [0.2, 0.25) is 0 Å². The van der Waals surface area contributed by atoms with Crippen LogP contribution in [0.5, 0.6) is 0 Å². The summed E-state index contributed by atoms with van der Waals surface area (Å²) in [6, 6.07) is 11.4. The molecule has 2 aromatic carbocycles. The van der Waals surface area contributed by atoms with E-state index >= 15 is 0 Å². The largest absolute Gasteiger partial charge is 0.377 e. The zero-order valence-electron chi connectivity index (χ0n) is 12.7. The molecule has 6 nitrogen and oxygen atoms in total. The zero-order valence-corrected chi connectivity index (χ0v) is 12.7. The van der Waals surface area contributed by atoms with Crippen LogP contribution in [0, 0.1) is 0 Å². The summed E-state index contributed by atoms with van der Waals surface area (Å²) < 4.78 is 0. The van der Waals surface area contributed by atoms with E-state index in [1.807, 2.05) is 0 Å². The monoisotopic (exact) mass is 309 g/mol. The summed E-state index contributed by atoms with van der Waals surface area (Å²) in [4.78, 5) is 39.5. The fourth-order valence-corrected chi connectivity index (χ4v) is 2.67. The van der Waals surface area contributed by atoms with Gasteiger partial charge in [-0.3, -0.25) is 14.4 Å². The molecule has 23 heavy (non-hydrogen) atoms. The number of benzene rings is 2. The van der Waals surface area contributed by atoms with E-state index in [4.69, 9.17) is 5.73 Å². The molecule has 0 radical (unpaired) electrons. The van der Waals surface area contributed by atoms with Gasteiger partial charge in [-0.05, 0) is 30.3 Å². The molecule has 2 aromatic rings. The Kier molecular flexibility index (Phi) is 3.37. The van der Waals surface area contributed by atoms with Gasteiger partial charge in [0, 0.05) is 19.8 Å². The van der Waals surface area contributed by atoms with Crippen LogP contribution in [0.15, 0.2) is 42.5 Å². The van der Waals surface area contributed by atoms with E-state index in [2.05, 4.69) is 0 Å². The molecule has 3 rings (SSSR count). The van der Waals surface area contributed by atoms with Crippen LogP contribution in [0.4, 0.5) is 11.4 Å². The number of hydrogen-bond acceptors (Lipinski definition) is 4. The zero-order chi connectivity index (χ0) is 16.7. The standard InChI is InChI=1S/C17H15N3O3/c1-19(2)14-8-7-10(9-13(14)15(18)21)20-16(22)11-5-3-4-6-12(11)17(20)23/h3-9H,1-2H3,(H2,18,21). The number of amides is 3. The Hall–Kier alpha value is -3.15. The lowest BCUT2D eigenvalue weighted by atomic mass is 10.1. The summed E-state index contributed by atoms with van der Waals surface area (Å²) in [6.45, 7) is 0. The van der Waals surface area contributed by atoms with Gasteiger partial charge in [-0.2, -0.15) is 0 Å². The summed E-state index contributed by atoms with van der Waals surface area (Å²) in [5, 5.41) is 0. The molecule has 0 unspecified atom stereocenters. The van der Waals surface area contributed by atoms with Crippen LogP contribution < -0.4 is 15.5 Å². The van der Waals surface area contributed by atoms with Gasteiger partial charge in [0.2, 0.25) is 0 Å². The third-order valence-electron chi connectivity index (χ3n) is 3.78. The number of fused-ring (bicyclic) bond motifs is 1. The number of nitrogens with two attached hydrogens (primary N) is 1. The number of nitrogens with zero attached hydrogens (tertiary/aromatic N) is 2. The van der Waals surface area contributed by atoms with Crippen molar-refractivity contribution >= 4 is 29.1 Å². The molecule has 1 heterocycles. The highest BCUT2D eigenvalue weighted by Gasteiger charge is 2.36. The lowest BCUT2D eigenvalue weighted by Gasteiger charge is -2.19. The summed E-state index contributed by atoms with van der Waals surface area (Å²) in [5.74, 6) is -1.43. The van der Waals surface area contributed by atoms with E-state index in [9.17, 15) is 14.4 Å². The fourth-order valence-electron chi connectivity index (χ4n) is 2.67. The van der Waals surface area contributed by atoms with Gasteiger partial charge in [0.25, 0.3) is 17.7 Å². The third-order valence-corrected chi connectivity index (χ3v) is 3.78. The van der Waals surface area contributed by atoms with Crippen molar-refractivity contribution < 1.29 is 14.4 Å². The quantitative estimate of drug-likeness (QED) is 0.874. The molecule has 116 valence electrons. The molecule has 2 N–H and O–H groups in total. The van der Waals surface area contributed by atoms with E-state index in [1.54, 1.807) is 55.4 Å². The molecule has 3 amide bonds. The van der Waals surface area contributed by atoms with Crippen molar-refractivity contribution in [2.75, 3.05) is 23.9 Å². The number of primary amides is 1. The van der Waals surface area contributed by atoms with Gasteiger partial charge in [0.1, 0.15) is 0 Å². The van der Waals surface area contributed by atoms with Crippen molar-refractivity contribution in [1.82, 2.24) is 0 Å². The molecule has 0 spiro atoms. The lowest BCUT2D eigenvalue weighted by Crippen LogP contribution is -2.30. The first-order valence-corrected chi connectivity index (χ1v) is 7.01. The van der Waals surface area contributed by atoms with Crippen molar-refractivity contribution in [3.63, 3.8) is 0 Å². The van der Waals surface area contributed by atoms with Gasteiger partial charge < -0.3 is 10.6 Å². The number of hydrogen-bond donors (Lipinski definition) is 1. The minimum atomic E-state index is -0.618. The highest BCUT2D eigenvalue weighted by atomic mass is 16.2. The molecule has 0 aliphatic carbocycles. The van der Waals surface area contributed by atoms with Gasteiger partial charge in [-0.25, -0.2) is 4.90 Å². The molecule has 0 saturated carbocycles. The second-order valence-electron chi connectivity index (χ2n) is 5.45. The van der Waals surface area contributed by atoms with E-state index < -0.39 is 17.7 Å². The number of anilines is 2. The predicted octanol–water partition coefficient (Wildman–Crippen LogP) is 1.65. The van der Waals surface area contributed by atoms with Crippen LogP contribution in [0.3, 0.4) is 0 Å². The first-order valence-electron chi connectivity index (χ1n) is 7.01. The van der Waals surface area contributed by atoms with E-state index in [-0.39, 0.29) is 5.56 Å². The van der Waals surface area contributed by atoms with Crippen LogP contribution in [0.25, 0.3) is 0 Å². The van der Waals surface area contributed by atoms with Crippen molar-refractivity contribution in [3.8, 4) is 0 Å². The fraction of sp³-hybridized carbons (Fsp3) is 0.118. The molecule has 0 aromatic heterocycles. The molecule has 0 bridgehead atoms. The Balaban J connectivity index is 2.11. The van der Waals surface area contributed by atoms with Crippen molar-refractivity contribution in [2.24, 2.45) is 5.73 Å². The second-order valence-corrected chi connectivity index (χ2v) is 5.45. The normalized spacial score (nSPS) is 13.2. The van der Waals surface area contributed by atoms with Crippen molar-refractivity contribution in [1.29, 1.82) is 0 Å². The molecule has 0 fully saturated rings. The summed E-state index contributed by atoms with van der Waals surface area (Å²) >= 11 is 0. The first kappa shape index (κ1) is 14.8. The summed E-state index contributed by atoms with van der Waals surface area (Å²) in [6.07, 6.45) is 0. The maximum Gasteiger partial charge on any atom is 0.266 e. The smallest absolute Gasteiger partial charge is 0.266 e. The molecule has 0 atom stereocenters. The van der Waals surface area contributed by atoms with E-state index in [0.717, 1.165) is 4.90 Å². The Morgan fingerprint density at radius 2 is 1.57 bits per heavy atom. The first-order chi connectivity index (χ1) is 10.9. The lowest BCUT2D eigenvalue weighted by molar-refractivity contribution is 0.0923. The van der Waals surface area contributed by atoms with Gasteiger partial charge in [-0.15, -0.1) is 0 Å². The van der Waals surface area contributed by atoms with Gasteiger partial charge >= 0.3 is 0 Å². The SMILES string of the molecule is CN(C)c1ccc(N2C(=O)c3ccccc3C2=O)cc1C(N)=O. The number of imide groups is 1. The van der Waals surface area contributed by atoms with Gasteiger partial charge in [0.05, 0.1) is 22.4 Å². The number of carbonyl (C=O) groups excluding carboxylic acids is 3. The maximum atomic E-state index is 12.5. The van der Waals surface area contributed by atoms with Crippen molar-refractivity contribution in [3.05, 3.63) is 59.2 Å². The molecule has 6 heteroatoms. The third kappa shape index (κ3) is 2.24.